The number of hydrogen-bond acceptors (Lipinski definition) is 3. The molecule has 0 aliphatic rings. The van der Waals surface area contributed by atoms with Gasteiger partial charge in [0.25, 0.3) is 0 Å². The van der Waals surface area contributed by atoms with Crippen LogP contribution in [0.3, 0.4) is 0 Å². The van der Waals surface area contributed by atoms with Gasteiger partial charge < -0.3 is 15.9 Å². The molecule has 0 aromatic heterocycles. The summed E-state index contributed by atoms with van der Waals surface area (Å²) in [5, 5.41) is 18.4. The molecule has 4 N–H and O–H groups in total. The second kappa shape index (κ2) is 3.28. The summed E-state index contributed by atoms with van der Waals surface area (Å²) in [5.41, 5.74) is 6.05. The van der Waals surface area contributed by atoms with Gasteiger partial charge in [-0.15, -0.1) is 6.58 Å². The van der Waals surface area contributed by atoms with Crippen LogP contribution in [0.5, 0.6) is 11.5 Å². The van der Waals surface area contributed by atoms with Crippen LogP contribution in [0.1, 0.15) is 11.6 Å². The molecule has 1 aromatic rings. The Balaban J connectivity index is 3.12. The third kappa shape index (κ3) is 1.57. The molecule has 64 valence electrons. The Morgan fingerprint density at radius 3 is 2.67 bits per heavy atom. The zero-order valence-corrected chi connectivity index (χ0v) is 6.57. The van der Waals surface area contributed by atoms with E-state index in [-0.39, 0.29) is 11.5 Å². The number of rotatable bonds is 2. The molecule has 0 bridgehead atoms. The lowest BCUT2D eigenvalue weighted by molar-refractivity contribution is 0.452. The molecule has 0 aliphatic carbocycles. The first-order valence-corrected chi connectivity index (χ1v) is 3.55. The van der Waals surface area contributed by atoms with Crippen LogP contribution in [-0.2, 0) is 0 Å². The van der Waals surface area contributed by atoms with E-state index >= 15 is 0 Å². The highest BCUT2D eigenvalue weighted by Crippen LogP contribution is 2.26. The molecule has 0 saturated heterocycles. The van der Waals surface area contributed by atoms with E-state index in [1.165, 1.54) is 24.3 Å². The van der Waals surface area contributed by atoms with Crippen molar-refractivity contribution in [3.05, 3.63) is 36.4 Å². The molecule has 1 aromatic carbocycles. The van der Waals surface area contributed by atoms with E-state index in [4.69, 9.17) is 10.8 Å². The molecule has 12 heavy (non-hydrogen) atoms. The molecule has 0 unspecified atom stereocenters. The van der Waals surface area contributed by atoms with Crippen molar-refractivity contribution in [2.75, 3.05) is 0 Å². The van der Waals surface area contributed by atoms with Crippen molar-refractivity contribution < 1.29 is 10.2 Å². The zero-order valence-electron chi connectivity index (χ0n) is 6.57. The van der Waals surface area contributed by atoms with Gasteiger partial charge in [0.2, 0.25) is 0 Å². The Labute approximate surface area is 70.8 Å². The van der Waals surface area contributed by atoms with Gasteiger partial charge in [-0.3, -0.25) is 0 Å². The summed E-state index contributed by atoms with van der Waals surface area (Å²) in [6, 6.07) is 3.77. The smallest absolute Gasteiger partial charge is 0.120 e. The number of nitrogens with two attached hydrogens (primary N) is 1. The molecule has 0 heterocycles. The molecule has 0 radical (unpaired) electrons. The van der Waals surface area contributed by atoms with E-state index in [0.717, 1.165) is 0 Å². The lowest BCUT2D eigenvalue weighted by atomic mass is 10.1. The summed E-state index contributed by atoms with van der Waals surface area (Å²) in [7, 11) is 0. The van der Waals surface area contributed by atoms with Crippen molar-refractivity contribution in [1.29, 1.82) is 0 Å². The molecule has 0 spiro atoms. The van der Waals surface area contributed by atoms with E-state index in [0.29, 0.717) is 5.56 Å². The molecule has 3 heteroatoms. The summed E-state index contributed by atoms with van der Waals surface area (Å²) in [4.78, 5) is 0. The summed E-state index contributed by atoms with van der Waals surface area (Å²) < 4.78 is 0. The van der Waals surface area contributed by atoms with Crippen molar-refractivity contribution in [3.63, 3.8) is 0 Å². The number of hydrogen-bond donors (Lipinski definition) is 3. The molecule has 1 atom stereocenters. The lowest BCUT2D eigenvalue weighted by Gasteiger charge is -2.08. The summed E-state index contributed by atoms with van der Waals surface area (Å²) >= 11 is 0. The summed E-state index contributed by atoms with van der Waals surface area (Å²) in [6.45, 7) is 3.49. The van der Waals surface area contributed by atoms with E-state index in [9.17, 15) is 5.11 Å². The molecule has 3 nitrogen and oxygen atoms in total. The largest absolute Gasteiger partial charge is 0.508 e. The third-order valence-electron chi connectivity index (χ3n) is 1.62. The maximum Gasteiger partial charge on any atom is 0.120 e. The average molecular weight is 165 g/mol. The molecule has 0 fully saturated rings. The standard InChI is InChI=1S/C9H11NO2/c1-2-8(10)7-5-6(11)3-4-9(7)12/h2-5,8,11-12H,1,10H2/t8-/m1/s1. The number of benzene rings is 1. The monoisotopic (exact) mass is 165 g/mol. The Kier molecular flexibility index (Phi) is 2.35. The van der Waals surface area contributed by atoms with E-state index in [1.54, 1.807) is 0 Å². The predicted octanol–water partition coefficient (Wildman–Crippen LogP) is 1.28. The van der Waals surface area contributed by atoms with E-state index < -0.39 is 6.04 Å². The normalized spacial score (nSPS) is 12.4. The van der Waals surface area contributed by atoms with E-state index in [2.05, 4.69) is 6.58 Å². The highest BCUT2D eigenvalue weighted by Gasteiger charge is 2.07. The topological polar surface area (TPSA) is 66.5 Å². The van der Waals surface area contributed by atoms with Crippen LogP contribution in [0.15, 0.2) is 30.9 Å². The van der Waals surface area contributed by atoms with Gasteiger partial charge in [0.05, 0.1) is 6.04 Å². The first-order chi connectivity index (χ1) is 5.65. The van der Waals surface area contributed by atoms with Crippen molar-refractivity contribution in [2.45, 2.75) is 6.04 Å². The van der Waals surface area contributed by atoms with Gasteiger partial charge in [-0.2, -0.15) is 0 Å². The number of aromatic hydroxyl groups is 2. The minimum Gasteiger partial charge on any atom is -0.508 e. The van der Waals surface area contributed by atoms with Crippen LogP contribution in [0.25, 0.3) is 0 Å². The zero-order chi connectivity index (χ0) is 9.14. The van der Waals surface area contributed by atoms with Crippen LogP contribution in [0, 0.1) is 0 Å². The van der Waals surface area contributed by atoms with Gasteiger partial charge >= 0.3 is 0 Å². The lowest BCUT2D eigenvalue weighted by Crippen LogP contribution is -2.06. The van der Waals surface area contributed by atoms with Gasteiger partial charge in [-0.25, -0.2) is 0 Å². The SMILES string of the molecule is C=C[C@@H](N)c1cc(O)ccc1O. The van der Waals surface area contributed by atoms with Crippen LogP contribution in [0.4, 0.5) is 0 Å². The molecule has 0 amide bonds. The third-order valence-corrected chi connectivity index (χ3v) is 1.62. The predicted molar refractivity (Wildman–Crippen MR) is 46.9 cm³/mol. The number of phenolic OH excluding ortho intramolecular Hbond substituents is 2. The maximum absolute atomic E-state index is 9.30. The Hall–Kier alpha value is -1.48. The van der Waals surface area contributed by atoms with Gasteiger partial charge in [-0.05, 0) is 18.2 Å². The van der Waals surface area contributed by atoms with Crippen molar-refractivity contribution in [2.24, 2.45) is 5.73 Å². The molecular weight excluding hydrogens is 154 g/mol. The van der Waals surface area contributed by atoms with Crippen LogP contribution in [0.2, 0.25) is 0 Å². The summed E-state index contributed by atoms with van der Waals surface area (Å²) in [5.74, 6) is 0.153. The summed E-state index contributed by atoms with van der Waals surface area (Å²) in [6.07, 6.45) is 1.49. The Morgan fingerprint density at radius 1 is 1.42 bits per heavy atom. The fraction of sp³-hybridized carbons (Fsp3) is 0.111. The fourth-order valence-corrected chi connectivity index (χ4v) is 0.936. The molecule has 1 rings (SSSR count). The highest BCUT2D eigenvalue weighted by atomic mass is 16.3. The van der Waals surface area contributed by atoms with E-state index in [1.807, 2.05) is 0 Å². The van der Waals surface area contributed by atoms with Gasteiger partial charge in [0.15, 0.2) is 0 Å². The highest BCUT2D eigenvalue weighted by molar-refractivity contribution is 5.41. The Morgan fingerprint density at radius 2 is 2.08 bits per heavy atom. The molecule has 0 saturated carbocycles. The van der Waals surface area contributed by atoms with Gasteiger partial charge in [-0.1, -0.05) is 6.08 Å². The second-order valence-corrected chi connectivity index (χ2v) is 2.50. The quantitative estimate of drug-likeness (QED) is 0.457. The van der Waals surface area contributed by atoms with Crippen molar-refractivity contribution in [3.8, 4) is 11.5 Å². The van der Waals surface area contributed by atoms with Gasteiger partial charge in [0.1, 0.15) is 11.5 Å². The van der Waals surface area contributed by atoms with Gasteiger partial charge in [0, 0.05) is 5.56 Å². The second-order valence-electron chi connectivity index (χ2n) is 2.50. The average Bonchev–Trinajstić information content (AvgIpc) is 2.08. The maximum atomic E-state index is 9.30. The van der Waals surface area contributed by atoms with Crippen LogP contribution in [-0.4, -0.2) is 10.2 Å². The molecular formula is C9H11NO2. The van der Waals surface area contributed by atoms with Crippen molar-refractivity contribution in [1.82, 2.24) is 0 Å². The minimum atomic E-state index is -0.447. The first-order valence-electron chi connectivity index (χ1n) is 3.55. The molecule has 0 aliphatic heterocycles. The number of phenols is 2. The fourth-order valence-electron chi connectivity index (χ4n) is 0.936. The first kappa shape index (κ1) is 8.62. The van der Waals surface area contributed by atoms with Crippen LogP contribution < -0.4 is 5.73 Å². The van der Waals surface area contributed by atoms with Crippen LogP contribution >= 0.6 is 0 Å². The Bertz CT molecular complexity index is 297. The van der Waals surface area contributed by atoms with Crippen molar-refractivity contribution >= 4 is 0 Å². The minimum absolute atomic E-state index is 0.0696.